The van der Waals surface area contributed by atoms with Crippen LogP contribution in [0.15, 0.2) is 61.1 Å². The maximum atomic E-state index is 13.4. The van der Waals surface area contributed by atoms with E-state index >= 15 is 0 Å². The molecular formula is C20H14ClF4N3O2. The maximum Gasteiger partial charge on any atom is 0.412 e. The highest BCUT2D eigenvalue weighted by atomic mass is 35.5. The topological polar surface area (TPSA) is 64.1 Å². The lowest BCUT2D eigenvalue weighted by Gasteiger charge is -2.21. The summed E-state index contributed by atoms with van der Waals surface area (Å²) in [6.07, 6.45) is -1.30. The highest BCUT2D eigenvalue weighted by Gasteiger charge is 2.42. The number of hydrogen-bond acceptors (Lipinski definition) is 4. The van der Waals surface area contributed by atoms with Crippen LogP contribution in [0.25, 0.3) is 0 Å². The van der Waals surface area contributed by atoms with E-state index in [9.17, 15) is 22.4 Å². The summed E-state index contributed by atoms with van der Waals surface area (Å²) in [5, 5.41) is 1.97. The molecule has 1 N–H and O–H groups in total. The van der Waals surface area contributed by atoms with Gasteiger partial charge in [-0.15, -0.1) is 0 Å². The monoisotopic (exact) mass is 439 g/mol. The van der Waals surface area contributed by atoms with Gasteiger partial charge in [0.1, 0.15) is 28.9 Å². The van der Waals surface area contributed by atoms with Gasteiger partial charge in [0, 0.05) is 24.0 Å². The quantitative estimate of drug-likeness (QED) is 0.556. The second-order valence-electron chi connectivity index (χ2n) is 6.15. The van der Waals surface area contributed by atoms with Crippen LogP contribution in [0.1, 0.15) is 27.7 Å². The molecular weight excluding hydrogens is 426 g/mol. The average Bonchev–Trinajstić information content (AvgIpc) is 2.72. The summed E-state index contributed by atoms with van der Waals surface area (Å²) in [6.45, 7) is 0.00589. The Hall–Kier alpha value is -3.20. The van der Waals surface area contributed by atoms with Crippen LogP contribution in [-0.4, -0.2) is 22.1 Å². The van der Waals surface area contributed by atoms with Crippen LogP contribution >= 0.6 is 11.6 Å². The summed E-state index contributed by atoms with van der Waals surface area (Å²) in [7, 11) is 0. The van der Waals surface area contributed by atoms with Crippen LogP contribution in [0.5, 0.6) is 5.75 Å². The average molecular weight is 440 g/mol. The number of benzene rings is 1. The predicted molar refractivity (Wildman–Crippen MR) is 100 cm³/mol. The Morgan fingerprint density at radius 1 is 1.17 bits per heavy atom. The minimum absolute atomic E-state index is 0.00589. The zero-order valence-corrected chi connectivity index (χ0v) is 15.9. The molecule has 0 aliphatic heterocycles. The van der Waals surface area contributed by atoms with Crippen molar-refractivity contribution in [2.24, 2.45) is 0 Å². The Bertz CT molecular complexity index is 1010. The van der Waals surface area contributed by atoms with Crippen molar-refractivity contribution in [3.63, 3.8) is 0 Å². The molecule has 2 aromatic heterocycles. The largest absolute Gasteiger partial charge is 0.487 e. The van der Waals surface area contributed by atoms with Crippen LogP contribution in [0.2, 0.25) is 5.02 Å². The van der Waals surface area contributed by atoms with Crippen LogP contribution in [0, 0.1) is 5.82 Å². The SMILES string of the molecule is O=C(N[C@@H](c1cccnc1)C(F)(F)F)c1cc(OCc2ccc(F)cc2)c(Cl)cn1. The number of hydrogen-bond donors (Lipinski definition) is 1. The summed E-state index contributed by atoms with van der Waals surface area (Å²) in [5.41, 5.74) is 0.0933. The Morgan fingerprint density at radius 3 is 2.53 bits per heavy atom. The number of aromatic nitrogens is 2. The minimum atomic E-state index is -4.74. The Labute approximate surface area is 173 Å². The van der Waals surface area contributed by atoms with E-state index in [1.54, 1.807) is 0 Å². The molecule has 0 spiro atoms. The Kier molecular flexibility index (Phi) is 6.51. The number of carbonyl (C=O) groups is 1. The first-order valence-corrected chi connectivity index (χ1v) is 8.92. The third-order valence-electron chi connectivity index (χ3n) is 3.98. The number of nitrogens with zero attached hydrogens (tertiary/aromatic N) is 2. The fourth-order valence-corrected chi connectivity index (χ4v) is 2.66. The first kappa shape index (κ1) is 21.5. The van der Waals surface area contributed by atoms with E-state index in [0.717, 1.165) is 18.5 Å². The molecule has 156 valence electrons. The number of nitrogens with one attached hydrogen (secondary N) is 1. The number of carbonyl (C=O) groups excluding carboxylic acids is 1. The van der Waals surface area contributed by atoms with Crippen LogP contribution in [0.4, 0.5) is 17.6 Å². The molecule has 1 atom stereocenters. The van der Waals surface area contributed by atoms with Gasteiger partial charge in [-0.2, -0.15) is 13.2 Å². The van der Waals surface area contributed by atoms with Gasteiger partial charge in [0.15, 0.2) is 6.04 Å². The van der Waals surface area contributed by atoms with Gasteiger partial charge in [-0.05, 0) is 23.8 Å². The maximum absolute atomic E-state index is 13.4. The molecule has 0 saturated heterocycles. The summed E-state index contributed by atoms with van der Waals surface area (Å²) >= 11 is 6.00. The van der Waals surface area contributed by atoms with Gasteiger partial charge < -0.3 is 10.1 Å². The molecule has 2 heterocycles. The van der Waals surface area contributed by atoms with E-state index in [1.807, 2.05) is 5.32 Å². The lowest BCUT2D eigenvalue weighted by atomic mass is 10.1. The van der Waals surface area contributed by atoms with Crippen LogP contribution in [-0.2, 0) is 6.61 Å². The number of rotatable bonds is 6. The van der Waals surface area contributed by atoms with Crippen molar-refractivity contribution in [3.8, 4) is 5.75 Å². The minimum Gasteiger partial charge on any atom is -0.487 e. The fourth-order valence-electron chi connectivity index (χ4n) is 2.50. The predicted octanol–water partition coefficient (Wildman–Crippen LogP) is 4.88. The summed E-state index contributed by atoms with van der Waals surface area (Å²) in [6, 6.07) is 6.92. The fraction of sp³-hybridized carbons (Fsp3) is 0.150. The van der Waals surface area contributed by atoms with Crippen LogP contribution < -0.4 is 10.1 Å². The molecule has 3 rings (SSSR count). The van der Waals surface area contributed by atoms with Gasteiger partial charge in [0.2, 0.25) is 0 Å². The van der Waals surface area contributed by atoms with Gasteiger partial charge in [0.05, 0.1) is 6.20 Å². The highest BCUT2D eigenvalue weighted by Crippen LogP contribution is 2.33. The van der Waals surface area contributed by atoms with Gasteiger partial charge in [0.25, 0.3) is 5.91 Å². The zero-order chi connectivity index (χ0) is 21.7. The normalized spacial score (nSPS) is 12.3. The summed E-state index contributed by atoms with van der Waals surface area (Å²) in [4.78, 5) is 19.8. The molecule has 0 radical (unpaired) electrons. The lowest BCUT2D eigenvalue weighted by Crippen LogP contribution is -2.38. The van der Waals surface area contributed by atoms with Gasteiger partial charge >= 0.3 is 6.18 Å². The Morgan fingerprint density at radius 2 is 1.90 bits per heavy atom. The number of amides is 1. The molecule has 1 aromatic carbocycles. The molecule has 10 heteroatoms. The first-order chi connectivity index (χ1) is 14.2. The van der Waals surface area contributed by atoms with Crippen molar-refractivity contribution < 1.29 is 27.1 Å². The third kappa shape index (κ3) is 5.44. The number of pyridine rings is 2. The molecule has 1 amide bonds. The molecule has 0 aliphatic rings. The highest BCUT2D eigenvalue weighted by molar-refractivity contribution is 6.32. The standard InChI is InChI=1S/C20H14ClF4N3O2/c21-15-10-27-16(8-17(15)30-11-12-3-5-14(22)6-4-12)19(29)28-18(20(23,24)25)13-2-1-7-26-9-13/h1-10,18H,11H2,(H,28,29)/t18-/m0/s1. The van der Waals surface area contributed by atoms with Gasteiger partial charge in [-0.1, -0.05) is 29.8 Å². The lowest BCUT2D eigenvalue weighted by molar-refractivity contribution is -0.155. The second-order valence-corrected chi connectivity index (χ2v) is 6.56. The van der Waals surface area contributed by atoms with Crippen molar-refractivity contribution in [3.05, 3.63) is 88.7 Å². The molecule has 0 aliphatic carbocycles. The van der Waals surface area contributed by atoms with Crippen LogP contribution in [0.3, 0.4) is 0 Å². The van der Waals surface area contributed by atoms with E-state index in [4.69, 9.17) is 16.3 Å². The van der Waals surface area contributed by atoms with Gasteiger partial charge in [-0.25, -0.2) is 9.37 Å². The molecule has 0 bridgehead atoms. The number of ether oxygens (including phenoxy) is 1. The zero-order valence-electron chi connectivity index (χ0n) is 15.2. The number of halogens is 5. The first-order valence-electron chi connectivity index (χ1n) is 8.54. The molecule has 0 unspecified atom stereocenters. The molecule has 30 heavy (non-hydrogen) atoms. The van der Waals surface area contributed by atoms with E-state index in [1.165, 1.54) is 42.6 Å². The van der Waals surface area contributed by atoms with Crippen molar-refractivity contribution in [1.82, 2.24) is 15.3 Å². The number of alkyl halides is 3. The molecule has 5 nitrogen and oxygen atoms in total. The summed E-state index contributed by atoms with van der Waals surface area (Å²) < 4.78 is 58.8. The van der Waals surface area contributed by atoms with E-state index in [2.05, 4.69) is 9.97 Å². The smallest absolute Gasteiger partial charge is 0.412 e. The Balaban J connectivity index is 1.77. The van der Waals surface area contributed by atoms with Crippen molar-refractivity contribution in [2.75, 3.05) is 0 Å². The van der Waals surface area contributed by atoms with E-state index in [0.29, 0.717) is 5.56 Å². The van der Waals surface area contributed by atoms with E-state index < -0.39 is 23.9 Å². The molecule has 3 aromatic rings. The molecule has 0 fully saturated rings. The van der Waals surface area contributed by atoms with Crippen molar-refractivity contribution >= 4 is 17.5 Å². The van der Waals surface area contributed by atoms with E-state index in [-0.39, 0.29) is 28.6 Å². The van der Waals surface area contributed by atoms with Gasteiger partial charge in [-0.3, -0.25) is 9.78 Å². The molecule has 0 saturated carbocycles. The van der Waals surface area contributed by atoms with Crippen molar-refractivity contribution in [1.29, 1.82) is 0 Å². The van der Waals surface area contributed by atoms with Crippen molar-refractivity contribution in [2.45, 2.75) is 18.8 Å². The second kappa shape index (κ2) is 9.08. The summed E-state index contributed by atoms with van der Waals surface area (Å²) in [5.74, 6) is -1.43. The third-order valence-corrected chi connectivity index (χ3v) is 4.26.